The zero-order valence-corrected chi connectivity index (χ0v) is 18.4. The fourth-order valence-corrected chi connectivity index (χ4v) is 3.96. The van der Waals surface area contributed by atoms with Crippen LogP contribution in [0.1, 0.15) is 12.5 Å². The summed E-state index contributed by atoms with van der Waals surface area (Å²) in [7, 11) is 0. The number of rotatable bonds is 5. The molecule has 5 nitrogen and oxygen atoms in total. The largest absolute Gasteiger partial charge is 0.349 e. The lowest BCUT2D eigenvalue weighted by atomic mass is 10.1. The van der Waals surface area contributed by atoms with Crippen molar-refractivity contribution in [1.29, 1.82) is 0 Å². The number of nitrogens with zero attached hydrogens (tertiary/aromatic N) is 3. The van der Waals surface area contributed by atoms with E-state index in [2.05, 4.69) is 4.98 Å². The summed E-state index contributed by atoms with van der Waals surface area (Å²) in [5.41, 5.74) is 2.01. The first-order valence-corrected chi connectivity index (χ1v) is 10.6. The highest BCUT2D eigenvalue weighted by Crippen LogP contribution is 2.29. The average molecular weight is 450 g/mol. The molecule has 7 heteroatoms. The van der Waals surface area contributed by atoms with Gasteiger partial charge in [0.2, 0.25) is 5.91 Å². The van der Waals surface area contributed by atoms with E-state index in [1.54, 1.807) is 41.3 Å². The second kappa shape index (κ2) is 8.93. The molecule has 4 rings (SSSR count). The lowest BCUT2D eigenvalue weighted by Gasteiger charge is -2.22. The lowest BCUT2D eigenvalue weighted by molar-refractivity contribution is -0.119. The normalized spacial score (nSPS) is 11.0. The number of hydrogen-bond donors (Lipinski definition) is 0. The fourth-order valence-electron chi connectivity index (χ4n) is 3.78. The minimum Gasteiger partial charge on any atom is -0.311 e. The second-order valence-electron chi connectivity index (χ2n) is 7.45. The van der Waals surface area contributed by atoms with Gasteiger partial charge in [-0.15, -0.1) is 0 Å². The van der Waals surface area contributed by atoms with Gasteiger partial charge >= 0.3 is 5.69 Å². The van der Waals surface area contributed by atoms with Gasteiger partial charge in [-0.05, 0) is 61.9 Å². The van der Waals surface area contributed by atoms with Gasteiger partial charge in [-0.25, -0.2) is 9.18 Å². The highest BCUT2D eigenvalue weighted by atomic mass is 35.5. The van der Waals surface area contributed by atoms with Crippen LogP contribution in [0.2, 0.25) is 5.02 Å². The maximum Gasteiger partial charge on any atom is 0.349 e. The van der Waals surface area contributed by atoms with Crippen LogP contribution >= 0.6 is 11.6 Å². The molecule has 1 aromatic heterocycles. The Morgan fingerprint density at radius 2 is 1.88 bits per heavy atom. The second-order valence-corrected chi connectivity index (χ2v) is 7.88. The molecule has 3 aromatic carbocycles. The number of amides is 1. The molecule has 0 saturated carbocycles. The van der Waals surface area contributed by atoms with Crippen molar-refractivity contribution < 1.29 is 9.18 Å². The molecule has 0 radical (unpaired) electrons. The summed E-state index contributed by atoms with van der Waals surface area (Å²) in [6, 6.07) is 18.6. The monoisotopic (exact) mass is 449 g/mol. The molecule has 0 fully saturated rings. The lowest BCUT2D eigenvalue weighted by Crippen LogP contribution is -2.37. The van der Waals surface area contributed by atoms with Gasteiger partial charge in [0.15, 0.2) is 0 Å². The van der Waals surface area contributed by atoms with Crippen molar-refractivity contribution in [2.75, 3.05) is 11.4 Å². The Labute approximate surface area is 189 Å². The summed E-state index contributed by atoms with van der Waals surface area (Å²) in [6.07, 6.45) is 0. The Balaban J connectivity index is 1.83. The molecule has 0 atom stereocenters. The maximum absolute atomic E-state index is 14.5. The highest BCUT2D eigenvalue weighted by molar-refractivity contribution is 6.31. The van der Waals surface area contributed by atoms with Crippen LogP contribution in [-0.4, -0.2) is 22.0 Å². The minimum absolute atomic E-state index is 0.195. The van der Waals surface area contributed by atoms with Gasteiger partial charge in [-0.3, -0.25) is 9.36 Å². The summed E-state index contributed by atoms with van der Waals surface area (Å²) in [6.45, 7) is 4.07. The van der Waals surface area contributed by atoms with Gasteiger partial charge in [0.25, 0.3) is 0 Å². The molecular formula is C25H21ClFN3O2. The predicted molar refractivity (Wildman–Crippen MR) is 126 cm³/mol. The first-order valence-electron chi connectivity index (χ1n) is 10.2. The Kier molecular flexibility index (Phi) is 6.06. The van der Waals surface area contributed by atoms with E-state index in [-0.39, 0.29) is 23.7 Å². The van der Waals surface area contributed by atoms with Crippen molar-refractivity contribution >= 4 is 34.1 Å². The van der Waals surface area contributed by atoms with E-state index in [4.69, 9.17) is 11.6 Å². The number of hydrogen-bond acceptors (Lipinski definition) is 3. The first kappa shape index (κ1) is 21.7. The number of carbonyl (C=O) groups excluding carboxylic acids is 1. The molecule has 0 aliphatic carbocycles. The fraction of sp³-hybridized carbons (Fsp3) is 0.160. The first-order chi connectivity index (χ1) is 15.4. The number of aryl methyl sites for hydroxylation is 1. The van der Waals surface area contributed by atoms with Gasteiger partial charge in [0.1, 0.15) is 12.4 Å². The van der Waals surface area contributed by atoms with Gasteiger partial charge in [0, 0.05) is 28.2 Å². The van der Waals surface area contributed by atoms with Crippen molar-refractivity contribution in [2.45, 2.75) is 20.4 Å². The zero-order valence-electron chi connectivity index (χ0n) is 17.7. The predicted octanol–water partition coefficient (Wildman–Crippen LogP) is 5.22. The number of aromatic nitrogens is 2. The minimum atomic E-state index is -0.633. The number of anilines is 1. The van der Waals surface area contributed by atoms with E-state index in [0.29, 0.717) is 22.5 Å². The SMILES string of the molecule is CCN(C(=O)Cn1c(=O)nc(-c2ccccc2F)c2cc(Cl)ccc21)c1cccc(C)c1. The van der Waals surface area contributed by atoms with Gasteiger partial charge in [0.05, 0.1) is 11.2 Å². The molecule has 162 valence electrons. The molecule has 0 unspecified atom stereocenters. The summed E-state index contributed by atoms with van der Waals surface area (Å²) in [5, 5.41) is 0.914. The van der Waals surface area contributed by atoms with Crippen LogP contribution in [0.3, 0.4) is 0 Å². The number of benzene rings is 3. The summed E-state index contributed by atoms with van der Waals surface area (Å²) in [5.74, 6) is -0.747. The molecule has 0 saturated heterocycles. The summed E-state index contributed by atoms with van der Waals surface area (Å²) in [4.78, 5) is 31.9. The van der Waals surface area contributed by atoms with Crippen LogP contribution in [0, 0.1) is 12.7 Å². The van der Waals surface area contributed by atoms with Crippen molar-refractivity contribution in [2.24, 2.45) is 0 Å². The molecule has 0 N–H and O–H groups in total. The van der Waals surface area contributed by atoms with E-state index in [0.717, 1.165) is 11.3 Å². The average Bonchev–Trinajstić information content (AvgIpc) is 2.76. The number of halogens is 2. The molecule has 0 aliphatic heterocycles. The Bertz CT molecular complexity index is 1380. The van der Waals surface area contributed by atoms with E-state index in [9.17, 15) is 14.0 Å². The molecule has 0 spiro atoms. The number of fused-ring (bicyclic) bond motifs is 1. The van der Waals surface area contributed by atoms with Gasteiger partial charge in [-0.1, -0.05) is 35.9 Å². The number of likely N-dealkylation sites (N-methyl/N-ethyl adjacent to an activating group) is 1. The van der Waals surface area contributed by atoms with Crippen LogP contribution < -0.4 is 10.6 Å². The highest BCUT2D eigenvalue weighted by Gasteiger charge is 2.20. The topological polar surface area (TPSA) is 55.2 Å². The Hall–Kier alpha value is -3.51. The van der Waals surface area contributed by atoms with E-state index < -0.39 is 11.5 Å². The van der Waals surface area contributed by atoms with E-state index in [1.165, 1.54) is 10.6 Å². The van der Waals surface area contributed by atoms with E-state index >= 15 is 0 Å². The third-order valence-corrected chi connectivity index (χ3v) is 5.53. The van der Waals surface area contributed by atoms with Crippen molar-refractivity contribution in [3.05, 3.63) is 93.6 Å². The molecular weight excluding hydrogens is 429 g/mol. The van der Waals surface area contributed by atoms with Crippen LogP contribution in [0.5, 0.6) is 0 Å². The molecule has 1 heterocycles. The third kappa shape index (κ3) is 4.14. The van der Waals surface area contributed by atoms with Crippen LogP contribution in [0.4, 0.5) is 10.1 Å². The molecule has 1 amide bonds. The van der Waals surface area contributed by atoms with Crippen molar-refractivity contribution in [3.8, 4) is 11.3 Å². The van der Waals surface area contributed by atoms with Crippen molar-refractivity contribution in [1.82, 2.24) is 9.55 Å². The maximum atomic E-state index is 14.5. The third-order valence-electron chi connectivity index (χ3n) is 5.30. The van der Waals surface area contributed by atoms with Gasteiger partial charge < -0.3 is 4.90 Å². The Morgan fingerprint density at radius 3 is 2.59 bits per heavy atom. The molecule has 4 aromatic rings. The smallest absolute Gasteiger partial charge is 0.311 e. The standard InChI is InChI=1S/C25H21ClFN3O2/c1-3-29(18-8-6-7-16(2)13-18)23(31)15-30-22-12-11-17(26)14-20(22)24(28-25(30)32)19-9-4-5-10-21(19)27/h4-14H,3,15H2,1-2H3. The summed E-state index contributed by atoms with van der Waals surface area (Å²) >= 11 is 6.20. The molecule has 0 bridgehead atoms. The quantitative estimate of drug-likeness (QED) is 0.420. The van der Waals surface area contributed by atoms with Gasteiger partial charge in [-0.2, -0.15) is 4.98 Å². The number of carbonyl (C=O) groups is 1. The molecule has 32 heavy (non-hydrogen) atoms. The van der Waals surface area contributed by atoms with Crippen LogP contribution in [-0.2, 0) is 11.3 Å². The molecule has 0 aliphatic rings. The zero-order chi connectivity index (χ0) is 22.8. The van der Waals surface area contributed by atoms with Crippen LogP contribution in [0.25, 0.3) is 22.2 Å². The Morgan fingerprint density at radius 1 is 1.09 bits per heavy atom. The van der Waals surface area contributed by atoms with E-state index in [1.807, 2.05) is 38.1 Å². The summed E-state index contributed by atoms with van der Waals surface area (Å²) < 4.78 is 15.8. The van der Waals surface area contributed by atoms with Crippen molar-refractivity contribution in [3.63, 3.8) is 0 Å². The van der Waals surface area contributed by atoms with Crippen LogP contribution in [0.15, 0.2) is 71.5 Å².